The lowest BCUT2D eigenvalue weighted by molar-refractivity contribution is 0.409. The largest absolute Gasteiger partial charge is 0.364 e. The Hall–Kier alpha value is -2.44. The Balaban J connectivity index is 2.13. The first kappa shape index (κ1) is 10.7. The van der Waals surface area contributed by atoms with E-state index >= 15 is 0 Å². The van der Waals surface area contributed by atoms with E-state index in [0.717, 1.165) is 0 Å². The molecule has 7 nitrogen and oxygen atoms in total. The Kier molecular flexibility index (Phi) is 2.44. The number of aromatic nitrogens is 5. The van der Waals surface area contributed by atoms with Crippen molar-refractivity contribution in [1.29, 1.82) is 0 Å². The van der Waals surface area contributed by atoms with E-state index in [1.807, 2.05) is 6.92 Å². The first-order valence-corrected chi connectivity index (χ1v) is 5.60. The summed E-state index contributed by atoms with van der Waals surface area (Å²) < 4.78 is 7.88. The molecule has 0 aliphatic heterocycles. The molecule has 3 rings (SSSR count). The van der Waals surface area contributed by atoms with Gasteiger partial charge in [0.1, 0.15) is 17.5 Å². The number of hydrogen-bond acceptors (Lipinski definition) is 5. The van der Waals surface area contributed by atoms with Gasteiger partial charge in [-0.25, -0.2) is 4.98 Å². The molecule has 0 radical (unpaired) electrons. The van der Waals surface area contributed by atoms with E-state index in [-0.39, 0.29) is 5.56 Å². The summed E-state index contributed by atoms with van der Waals surface area (Å²) in [5.41, 5.74) is 1.69. The molecule has 0 N–H and O–H groups in total. The molecule has 0 aromatic carbocycles. The monoisotopic (exact) mass is 245 g/mol. The standard InChI is InChI=1S/C11H11N5O2/c1-2-16-10-9(5-13-16)12-7-15(11(10)17)6-8-3-4-18-14-8/h3-5,7H,2,6H2,1H3. The van der Waals surface area contributed by atoms with Crippen LogP contribution in [0.2, 0.25) is 0 Å². The average molecular weight is 245 g/mol. The van der Waals surface area contributed by atoms with E-state index in [0.29, 0.717) is 29.8 Å². The van der Waals surface area contributed by atoms with Crippen LogP contribution in [-0.2, 0) is 13.1 Å². The van der Waals surface area contributed by atoms with Crippen LogP contribution in [0.15, 0.2) is 34.2 Å². The molecule has 18 heavy (non-hydrogen) atoms. The third-order valence-electron chi connectivity index (χ3n) is 2.74. The molecule has 0 amide bonds. The summed E-state index contributed by atoms with van der Waals surface area (Å²) in [6.07, 6.45) is 4.57. The van der Waals surface area contributed by atoms with E-state index in [4.69, 9.17) is 4.52 Å². The number of aryl methyl sites for hydroxylation is 1. The average Bonchev–Trinajstić information content (AvgIpc) is 3.01. The van der Waals surface area contributed by atoms with E-state index in [2.05, 4.69) is 15.2 Å². The van der Waals surface area contributed by atoms with Crippen molar-refractivity contribution in [3.63, 3.8) is 0 Å². The van der Waals surface area contributed by atoms with Gasteiger partial charge in [-0.2, -0.15) is 5.10 Å². The number of rotatable bonds is 3. The Morgan fingerprint density at radius 1 is 1.44 bits per heavy atom. The maximum Gasteiger partial charge on any atom is 0.279 e. The first-order chi connectivity index (χ1) is 8.79. The van der Waals surface area contributed by atoms with Gasteiger partial charge >= 0.3 is 0 Å². The summed E-state index contributed by atoms with van der Waals surface area (Å²) >= 11 is 0. The molecule has 0 saturated carbocycles. The Morgan fingerprint density at radius 2 is 2.33 bits per heavy atom. The zero-order valence-corrected chi connectivity index (χ0v) is 9.78. The van der Waals surface area contributed by atoms with Gasteiger partial charge in [0.2, 0.25) is 0 Å². The van der Waals surface area contributed by atoms with Crippen LogP contribution >= 0.6 is 0 Å². The van der Waals surface area contributed by atoms with Crippen molar-refractivity contribution in [3.8, 4) is 0 Å². The van der Waals surface area contributed by atoms with Crippen LogP contribution in [0.1, 0.15) is 12.6 Å². The van der Waals surface area contributed by atoms with Crippen LogP contribution in [0, 0.1) is 0 Å². The van der Waals surface area contributed by atoms with Gasteiger partial charge in [-0.1, -0.05) is 5.16 Å². The zero-order valence-electron chi connectivity index (χ0n) is 9.78. The quantitative estimate of drug-likeness (QED) is 0.677. The van der Waals surface area contributed by atoms with Crippen LogP contribution < -0.4 is 5.56 Å². The molecule has 0 atom stereocenters. The minimum absolute atomic E-state index is 0.123. The van der Waals surface area contributed by atoms with Gasteiger partial charge in [0, 0.05) is 12.6 Å². The van der Waals surface area contributed by atoms with Crippen molar-refractivity contribution >= 4 is 11.0 Å². The van der Waals surface area contributed by atoms with Crippen LogP contribution in [0.5, 0.6) is 0 Å². The topological polar surface area (TPSA) is 78.7 Å². The van der Waals surface area contributed by atoms with E-state index in [1.165, 1.54) is 17.2 Å². The van der Waals surface area contributed by atoms with Gasteiger partial charge in [-0.15, -0.1) is 0 Å². The van der Waals surface area contributed by atoms with Gasteiger partial charge in [0.05, 0.1) is 19.1 Å². The summed E-state index contributed by atoms with van der Waals surface area (Å²) in [5, 5.41) is 7.90. The molecule has 0 unspecified atom stereocenters. The van der Waals surface area contributed by atoms with Gasteiger partial charge in [0.15, 0.2) is 5.52 Å². The molecule has 0 bridgehead atoms. The van der Waals surface area contributed by atoms with Crippen LogP contribution in [0.4, 0.5) is 0 Å². The normalized spacial score (nSPS) is 11.2. The lowest BCUT2D eigenvalue weighted by atomic mass is 10.4. The lowest BCUT2D eigenvalue weighted by Crippen LogP contribution is -2.23. The third kappa shape index (κ3) is 1.60. The maximum absolute atomic E-state index is 12.3. The summed E-state index contributed by atoms with van der Waals surface area (Å²) in [6, 6.07) is 1.72. The minimum atomic E-state index is -0.123. The molecule has 0 saturated heterocycles. The van der Waals surface area contributed by atoms with Crippen molar-refractivity contribution in [1.82, 2.24) is 24.5 Å². The van der Waals surface area contributed by atoms with E-state index < -0.39 is 0 Å². The summed E-state index contributed by atoms with van der Waals surface area (Å²) in [6.45, 7) is 2.91. The lowest BCUT2D eigenvalue weighted by Gasteiger charge is -2.03. The highest BCUT2D eigenvalue weighted by Gasteiger charge is 2.10. The smallest absolute Gasteiger partial charge is 0.279 e. The number of fused-ring (bicyclic) bond motifs is 1. The SMILES string of the molecule is CCn1ncc2ncn(Cc3ccon3)c(=O)c21. The van der Waals surface area contributed by atoms with Crippen LogP contribution in [0.3, 0.4) is 0 Å². The highest BCUT2D eigenvalue weighted by atomic mass is 16.5. The highest BCUT2D eigenvalue weighted by molar-refractivity contribution is 5.72. The Morgan fingerprint density at radius 3 is 3.06 bits per heavy atom. The van der Waals surface area contributed by atoms with Crippen molar-refractivity contribution in [2.75, 3.05) is 0 Å². The fourth-order valence-electron chi connectivity index (χ4n) is 1.86. The minimum Gasteiger partial charge on any atom is -0.364 e. The molecule has 0 spiro atoms. The van der Waals surface area contributed by atoms with Crippen molar-refractivity contribution < 1.29 is 4.52 Å². The second kappa shape index (κ2) is 4.10. The highest BCUT2D eigenvalue weighted by Crippen LogP contribution is 2.06. The molecular weight excluding hydrogens is 234 g/mol. The molecular formula is C11H11N5O2. The number of hydrogen-bond donors (Lipinski definition) is 0. The molecule has 0 fully saturated rings. The first-order valence-electron chi connectivity index (χ1n) is 5.60. The molecule has 3 aromatic rings. The van der Waals surface area contributed by atoms with E-state index in [9.17, 15) is 4.79 Å². The fraction of sp³-hybridized carbons (Fsp3) is 0.273. The van der Waals surface area contributed by atoms with Crippen molar-refractivity contribution in [2.24, 2.45) is 0 Å². The second-order valence-electron chi connectivity index (χ2n) is 3.86. The Bertz CT molecular complexity index is 726. The molecule has 3 heterocycles. The maximum atomic E-state index is 12.3. The van der Waals surface area contributed by atoms with Crippen molar-refractivity contribution in [3.05, 3.63) is 40.9 Å². The predicted molar refractivity (Wildman–Crippen MR) is 63.1 cm³/mol. The second-order valence-corrected chi connectivity index (χ2v) is 3.86. The Labute approximate surface area is 102 Å². The molecule has 0 aliphatic rings. The van der Waals surface area contributed by atoms with Gasteiger partial charge in [-0.05, 0) is 6.92 Å². The molecule has 3 aromatic heterocycles. The van der Waals surface area contributed by atoms with Gasteiger partial charge in [-0.3, -0.25) is 14.0 Å². The van der Waals surface area contributed by atoms with Gasteiger partial charge in [0.25, 0.3) is 5.56 Å². The molecule has 0 aliphatic carbocycles. The summed E-state index contributed by atoms with van der Waals surface area (Å²) in [4.78, 5) is 16.5. The zero-order chi connectivity index (χ0) is 12.5. The number of nitrogens with zero attached hydrogens (tertiary/aromatic N) is 5. The molecule has 92 valence electrons. The predicted octanol–water partition coefficient (Wildman–Crippen LogP) is 0.649. The fourth-order valence-corrected chi connectivity index (χ4v) is 1.86. The molecule has 7 heteroatoms. The van der Waals surface area contributed by atoms with Crippen molar-refractivity contribution in [2.45, 2.75) is 20.0 Å². The summed E-state index contributed by atoms with van der Waals surface area (Å²) in [5.74, 6) is 0. The van der Waals surface area contributed by atoms with Crippen LogP contribution in [0.25, 0.3) is 11.0 Å². The third-order valence-corrected chi connectivity index (χ3v) is 2.74. The van der Waals surface area contributed by atoms with E-state index in [1.54, 1.807) is 16.9 Å². The summed E-state index contributed by atoms with van der Waals surface area (Å²) in [7, 11) is 0. The van der Waals surface area contributed by atoms with Crippen LogP contribution in [-0.4, -0.2) is 24.5 Å². The van der Waals surface area contributed by atoms with Gasteiger partial charge < -0.3 is 4.52 Å².